The predicted molar refractivity (Wildman–Crippen MR) is 74.2 cm³/mol. The standard InChI is InChI=1S/C13H16N4O2S/c1-3-19-13(18)11-9-5-4-8(2)6-10(9)20-12(11)17-7-14-15-16-17/h7-8H,3-6H2,1-2H3/t8-/m1/s1. The van der Waals surface area contributed by atoms with Gasteiger partial charge in [-0.3, -0.25) is 0 Å². The summed E-state index contributed by atoms with van der Waals surface area (Å²) >= 11 is 1.60. The summed E-state index contributed by atoms with van der Waals surface area (Å²) in [5.74, 6) is 0.378. The minimum atomic E-state index is -0.273. The minimum Gasteiger partial charge on any atom is -0.462 e. The highest BCUT2D eigenvalue weighted by atomic mass is 32.1. The zero-order valence-corrected chi connectivity index (χ0v) is 12.3. The van der Waals surface area contributed by atoms with Crippen LogP contribution in [-0.4, -0.2) is 32.8 Å². The van der Waals surface area contributed by atoms with Crippen LogP contribution in [0, 0.1) is 5.92 Å². The third-order valence-electron chi connectivity index (χ3n) is 3.53. The van der Waals surface area contributed by atoms with Gasteiger partial charge < -0.3 is 4.74 Å². The third kappa shape index (κ3) is 2.22. The summed E-state index contributed by atoms with van der Waals surface area (Å²) in [6.07, 6.45) is 4.55. The Balaban J connectivity index is 2.11. The van der Waals surface area contributed by atoms with Crippen molar-refractivity contribution < 1.29 is 9.53 Å². The van der Waals surface area contributed by atoms with Crippen LogP contribution in [0.15, 0.2) is 6.33 Å². The molecule has 106 valence electrons. The first-order chi connectivity index (χ1) is 9.70. The highest BCUT2D eigenvalue weighted by Gasteiger charge is 2.29. The lowest BCUT2D eigenvalue weighted by atomic mass is 9.88. The quantitative estimate of drug-likeness (QED) is 0.809. The third-order valence-corrected chi connectivity index (χ3v) is 4.77. The van der Waals surface area contributed by atoms with Crippen molar-refractivity contribution in [1.29, 1.82) is 0 Å². The van der Waals surface area contributed by atoms with Crippen LogP contribution in [0.4, 0.5) is 0 Å². The zero-order chi connectivity index (χ0) is 14.1. The highest BCUT2D eigenvalue weighted by Crippen LogP contribution is 2.38. The molecule has 0 spiro atoms. The summed E-state index contributed by atoms with van der Waals surface area (Å²) in [5, 5.41) is 12.0. The molecule has 7 heteroatoms. The fraction of sp³-hybridized carbons (Fsp3) is 0.538. The van der Waals surface area contributed by atoms with Gasteiger partial charge in [0.15, 0.2) is 0 Å². The van der Waals surface area contributed by atoms with Crippen molar-refractivity contribution in [3.05, 3.63) is 22.3 Å². The van der Waals surface area contributed by atoms with Gasteiger partial charge in [0.25, 0.3) is 0 Å². The number of tetrazole rings is 1. The summed E-state index contributed by atoms with van der Waals surface area (Å²) in [5.41, 5.74) is 1.77. The van der Waals surface area contributed by atoms with Crippen molar-refractivity contribution in [2.75, 3.05) is 6.61 Å². The molecule has 0 saturated heterocycles. The minimum absolute atomic E-state index is 0.273. The molecule has 2 aromatic rings. The molecule has 0 aliphatic heterocycles. The molecule has 0 N–H and O–H groups in total. The number of aromatic nitrogens is 4. The maximum atomic E-state index is 12.3. The average molecular weight is 292 g/mol. The Morgan fingerprint density at radius 1 is 1.60 bits per heavy atom. The molecule has 0 aromatic carbocycles. The molecule has 1 atom stereocenters. The van der Waals surface area contributed by atoms with Crippen LogP contribution in [0.25, 0.3) is 5.00 Å². The molecule has 0 amide bonds. The lowest BCUT2D eigenvalue weighted by molar-refractivity contribution is 0.0525. The van der Waals surface area contributed by atoms with Gasteiger partial charge in [-0.1, -0.05) is 6.92 Å². The fourth-order valence-electron chi connectivity index (χ4n) is 2.57. The van der Waals surface area contributed by atoms with Crippen molar-refractivity contribution in [2.45, 2.75) is 33.1 Å². The van der Waals surface area contributed by atoms with Gasteiger partial charge in [-0.2, -0.15) is 4.68 Å². The molecule has 0 unspecified atom stereocenters. The molecule has 3 rings (SSSR count). The van der Waals surface area contributed by atoms with E-state index in [1.165, 1.54) is 11.2 Å². The van der Waals surface area contributed by atoms with Gasteiger partial charge >= 0.3 is 5.97 Å². The second kappa shape index (κ2) is 5.32. The van der Waals surface area contributed by atoms with Gasteiger partial charge in [-0.15, -0.1) is 16.4 Å². The van der Waals surface area contributed by atoms with Crippen LogP contribution >= 0.6 is 11.3 Å². The van der Waals surface area contributed by atoms with E-state index in [4.69, 9.17) is 4.74 Å². The second-order valence-electron chi connectivity index (χ2n) is 5.01. The summed E-state index contributed by atoms with van der Waals surface area (Å²) in [6, 6.07) is 0. The number of carbonyl (C=O) groups excluding carboxylic acids is 1. The average Bonchev–Trinajstić information content (AvgIpc) is 3.04. The smallest absolute Gasteiger partial charge is 0.341 e. The molecule has 0 radical (unpaired) electrons. The predicted octanol–water partition coefficient (Wildman–Crippen LogP) is 2.03. The Hall–Kier alpha value is -1.76. The van der Waals surface area contributed by atoms with Crippen LogP contribution in [0.1, 0.15) is 41.1 Å². The molecule has 0 saturated carbocycles. The Morgan fingerprint density at radius 2 is 2.45 bits per heavy atom. The number of ether oxygens (including phenoxy) is 1. The highest BCUT2D eigenvalue weighted by molar-refractivity contribution is 7.15. The van der Waals surface area contributed by atoms with E-state index in [-0.39, 0.29) is 5.97 Å². The summed E-state index contributed by atoms with van der Waals surface area (Å²) in [6.45, 7) is 4.42. The molecule has 6 nitrogen and oxygen atoms in total. The fourth-order valence-corrected chi connectivity index (χ4v) is 3.98. The maximum absolute atomic E-state index is 12.3. The van der Waals surface area contributed by atoms with Crippen LogP contribution in [0.2, 0.25) is 0 Å². The molecular formula is C13H16N4O2S. The van der Waals surface area contributed by atoms with Crippen LogP contribution < -0.4 is 0 Å². The van der Waals surface area contributed by atoms with Crippen molar-refractivity contribution in [3.8, 4) is 5.00 Å². The van der Waals surface area contributed by atoms with E-state index in [1.807, 2.05) is 6.92 Å². The monoisotopic (exact) mass is 292 g/mol. The van der Waals surface area contributed by atoms with Crippen molar-refractivity contribution in [2.24, 2.45) is 5.92 Å². The molecule has 0 fully saturated rings. The Bertz CT molecular complexity index is 621. The molecular weight excluding hydrogens is 276 g/mol. The van der Waals surface area contributed by atoms with Gasteiger partial charge in [-0.25, -0.2) is 4.79 Å². The van der Waals surface area contributed by atoms with E-state index in [2.05, 4.69) is 22.4 Å². The van der Waals surface area contributed by atoms with Gasteiger partial charge in [-0.05, 0) is 48.1 Å². The first-order valence-corrected chi connectivity index (χ1v) is 7.57. The summed E-state index contributed by atoms with van der Waals surface area (Å²) in [7, 11) is 0. The SMILES string of the molecule is CCOC(=O)c1c(-n2cnnn2)sc2c1CC[C@@H](C)C2. The van der Waals surface area contributed by atoms with E-state index < -0.39 is 0 Å². The van der Waals surface area contributed by atoms with Gasteiger partial charge in [0.2, 0.25) is 0 Å². The van der Waals surface area contributed by atoms with Crippen molar-refractivity contribution in [3.63, 3.8) is 0 Å². The second-order valence-corrected chi connectivity index (χ2v) is 6.09. The lowest BCUT2D eigenvalue weighted by Gasteiger charge is -2.18. The van der Waals surface area contributed by atoms with E-state index in [0.717, 1.165) is 29.8 Å². The molecule has 0 bridgehead atoms. The van der Waals surface area contributed by atoms with Crippen LogP contribution in [-0.2, 0) is 17.6 Å². The molecule has 1 aliphatic carbocycles. The molecule has 20 heavy (non-hydrogen) atoms. The Labute approximate surface area is 120 Å². The molecule has 2 heterocycles. The zero-order valence-electron chi connectivity index (χ0n) is 11.5. The number of carbonyl (C=O) groups is 1. The first kappa shape index (κ1) is 13.2. The van der Waals surface area contributed by atoms with E-state index >= 15 is 0 Å². The number of fused-ring (bicyclic) bond motifs is 1. The van der Waals surface area contributed by atoms with Gasteiger partial charge in [0.1, 0.15) is 11.3 Å². The number of thiophene rings is 1. The first-order valence-electron chi connectivity index (χ1n) is 6.75. The van der Waals surface area contributed by atoms with Crippen LogP contribution in [0.3, 0.4) is 0 Å². The largest absolute Gasteiger partial charge is 0.462 e. The van der Waals surface area contributed by atoms with Gasteiger partial charge in [0.05, 0.1) is 12.2 Å². The number of rotatable bonds is 3. The van der Waals surface area contributed by atoms with Crippen molar-refractivity contribution >= 4 is 17.3 Å². The number of nitrogens with zero attached hydrogens (tertiary/aromatic N) is 4. The van der Waals surface area contributed by atoms with E-state index in [9.17, 15) is 4.79 Å². The normalized spacial score (nSPS) is 17.8. The molecule has 2 aromatic heterocycles. The van der Waals surface area contributed by atoms with E-state index in [0.29, 0.717) is 18.1 Å². The topological polar surface area (TPSA) is 69.9 Å². The maximum Gasteiger partial charge on any atom is 0.341 e. The number of esters is 1. The summed E-state index contributed by atoms with van der Waals surface area (Å²) < 4.78 is 6.76. The van der Waals surface area contributed by atoms with E-state index in [1.54, 1.807) is 16.0 Å². The lowest BCUT2D eigenvalue weighted by Crippen LogP contribution is -2.14. The number of hydrogen-bond acceptors (Lipinski definition) is 6. The van der Waals surface area contributed by atoms with Crippen LogP contribution in [0.5, 0.6) is 0 Å². The summed E-state index contributed by atoms with van der Waals surface area (Å²) in [4.78, 5) is 13.5. The number of hydrogen-bond donors (Lipinski definition) is 0. The molecule has 1 aliphatic rings. The van der Waals surface area contributed by atoms with Gasteiger partial charge in [0, 0.05) is 4.88 Å². The Kier molecular flexibility index (Phi) is 3.52. The Morgan fingerprint density at radius 3 is 3.15 bits per heavy atom. The van der Waals surface area contributed by atoms with Crippen molar-refractivity contribution in [1.82, 2.24) is 20.2 Å².